The molecule has 4 atom stereocenters. The minimum Gasteiger partial charge on any atom is -0.493 e. The fourth-order valence-electron chi connectivity index (χ4n) is 8.79. The Kier molecular flexibility index (Phi) is 10.4. The first kappa shape index (κ1) is 35.1. The first-order chi connectivity index (χ1) is 23.5. The van der Waals surface area contributed by atoms with Crippen molar-refractivity contribution in [1.82, 2.24) is 4.98 Å². The predicted molar refractivity (Wildman–Crippen MR) is 193 cm³/mol. The van der Waals surface area contributed by atoms with Gasteiger partial charge >= 0.3 is 5.97 Å². The summed E-state index contributed by atoms with van der Waals surface area (Å²) in [6.07, 6.45) is 10.2. The van der Waals surface area contributed by atoms with Crippen LogP contribution in [0.15, 0.2) is 54.7 Å². The highest BCUT2D eigenvalue weighted by molar-refractivity contribution is 6.30. The fourth-order valence-corrected chi connectivity index (χ4v) is 8.98. The number of nitrogens with zero attached hydrogens (tertiary/aromatic N) is 1. The van der Waals surface area contributed by atoms with E-state index >= 15 is 0 Å². The minimum absolute atomic E-state index is 0.162. The molecule has 1 fully saturated rings. The van der Waals surface area contributed by atoms with Gasteiger partial charge in [-0.05, 0) is 142 Å². The van der Waals surface area contributed by atoms with Crippen LogP contribution in [-0.4, -0.2) is 40.2 Å². The molecular formula is C40H50ClN3O5. The number of rotatable bonds is 13. The molecule has 1 spiro atoms. The molecule has 1 heterocycles. The number of primary amides is 1. The topological polar surface area (TPSA) is 124 Å². The van der Waals surface area contributed by atoms with Crippen LogP contribution >= 0.6 is 11.6 Å². The van der Waals surface area contributed by atoms with E-state index in [1.807, 2.05) is 37.4 Å². The van der Waals surface area contributed by atoms with E-state index in [1.54, 1.807) is 12.1 Å². The van der Waals surface area contributed by atoms with E-state index in [-0.39, 0.29) is 23.8 Å². The van der Waals surface area contributed by atoms with Crippen LogP contribution in [0.2, 0.25) is 5.02 Å². The van der Waals surface area contributed by atoms with E-state index in [0.717, 1.165) is 50.0 Å². The summed E-state index contributed by atoms with van der Waals surface area (Å²) < 4.78 is 12.9. The lowest BCUT2D eigenvalue weighted by Gasteiger charge is -2.47. The summed E-state index contributed by atoms with van der Waals surface area (Å²) in [5.74, 6) is 1.63. The molecule has 8 nitrogen and oxygen atoms in total. The van der Waals surface area contributed by atoms with E-state index in [9.17, 15) is 14.7 Å². The number of halogens is 1. The van der Waals surface area contributed by atoms with Gasteiger partial charge in [0.15, 0.2) is 0 Å². The van der Waals surface area contributed by atoms with Crippen LogP contribution in [0.3, 0.4) is 0 Å². The number of aromatic nitrogens is 1. The average molecular weight is 688 g/mol. The van der Waals surface area contributed by atoms with Crippen molar-refractivity contribution in [2.75, 3.05) is 11.9 Å². The molecule has 0 bridgehead atoms. The van der Waals surface area contributed by atoms with Crippen molar-refractivity contribution in [2.45, 2.75) is 114 Å². The molecule has 3 aromatic rings. The molecule has 3 aliphatic rings. The zero-order valence-electron chi connectivity index (χ0n) is 29.0. The number of ether oxygens (including phenoxy) is 2. The van der Waals surface area contributed by atoms with Crippen LogP contribution in [-0.2, 0) is 27.8 Å². The number of carbonyl (C=O) groups is 2. The Morgan fingerprint density at radius 2 is 1.92 bits per heavy atom. The average Bonchev–Trinajstić information content (AvgIpc) is 3.35. The number of nitrogens with one attached hydrogen (secondary N) is 1. The number of aliphatic carboxylic acids is 1. The second kappa shape index (κ2) is 14.6. The summed E-state index contributed by atoms with van der Waals surface area (Å²) in [5.41, 5.74) is 9.83. The number of hydrogen-bond acceptors (Lipinski definition) is 6. The minimum atomic E-state index is -1.09. The third kappa shape index (κ3) is 7.54. The number of carboxylic acid groups (broad SMARTS) is 1. The molecule has 0 aliphatic heterocycles. The summed E-state index contributed by atoms with van der Waals surface area (Å²) in [7, 11) is 0. The molecule has 2 unspecified atom stereocenters. The molecule has 1 aromatic heterocycles. The largest absolute Gasteiger partial charge is 0.493 e. The van der Waals surface area contributed by atoms with Gasteiger partial charge in [0.1, 0.15) is 17.0 Å². The standard InChI is InChI=1S/C40H50ClN3O5/c1-25(24-48-35-14-19-43-34-9-4-6-26(2)37(34)35)20-29-21-28-11-12-32(49-27(3)10-13-36(42)45)23-33(28)39(29)15-17-40(18-16-39,38(46)47)44-31-8-5-7-30(41)22-31/h5,7-8,11-12,14,19,22-23,25-27,29,44H,4,6,9-10,13,15-18,20-21,24H2,1-3H3,(H2,42,45)(H,46,47)/t25-,26-,27?,29?,39?,40?/m1/s1. The van der Waals surface area contributed by atoms with E-state index in [4.69, 9.17) is 26.8 Å². The van der Waals surface area contributed by atoms with Crippen LogP contribution in [0.4, 0.5) is 5.69 Å². The van der Waals surface area contributed by atoms with Gasteiger partial charge < -0.3 is 25.6 Å². The Labute approximate surface area is 295 Å². The Bertz CT molecular complexity index is 1670. The van der Waals surface area contributed by atoms with Gasteiger partial charge in [-0.2, -0.15) is 0 Å². The molecule has 49 heavy (non-hydrogen) atoms. The van der Waals surface area contributed by atoms with E-state index < -0.39 is 11.5 Å². The number of aryl methyl sites for hydroxylation is 1. The summed E-state index contributed by atoms with van der Waals surface area (Å²) in [4.78, 5) is 29.0. The second-order valence-electron chi connectivity index (χ2n) is 14.9. The van der Waals surface area contributed by atoms with Crippen LogP contribution in [0.1, 0.15) is 107 Å². The monoisotopic (exact) mass is 687 g/mol. The number of carboxylic acids is 1. The van der Waals surface area contributed by atoms with Crippen molar-refractivity contribution >= 4 is 29.2 Å². The lowest BCUT2D eigenvalue weighted by molar-refractivity contribution is -0.144. The van der Waals surface area contributed by atoms with Crippen molar-refractivity contribution in [1.29, 1.82) is 0 Å². The highest BCUT2D eigenvalue weighted by Gasteiger charge is 2.54. The molecule has 1 amide bonds. The molecule has 3 aliphatic carbocycles. The zero-order chi connectivity index (χ0) is 34.8. The number of amides is 1. The van der Waals surface area contributed by atoms with Crippen LogP contribution in [0.5, 0.6) is 11.5 Å². The summed E-state index contributed by atoms with van der Waals surface area (Å²) in [5, 5.41) is 14.5. The summed E-state index contributed by atoms with van der Waals surface area (Å²) in [6.45, 7) is 7.12. The lowest BCUT2D eigenvalue weighted by atomic mass is 9.59. The summed E-state index contributed by atoms with van der Waals surface area (Å²) >= 11 is 6.27. The van der Waals surface area contributed by atoms with Crippen molar-refractivity contribution < 1.29 is 24.2 Å². The third-order valence-corrected chi connectivity index (χ3v) is 11.6. The van der Waals surface area contributed by atoms with Gasteiger partial charge in [0.05, 0.1) is 12.7 Å². The Balaban J connectivity index is 1.24. The number of benzene rings is 2. The fraction of sp³-hybridized carbons (Fsp3) is 0.525. The van der Waals surface area contributed by atoms with Crippen LogP contribution < -0.4 is 20.5 Å². The molecule has 6 rings (SSSR count). The predicted octanol–water partition coefficient (Wildman–Crippen LogP) is 8.23. The van der Waals surface area contributed by atoms with Gasteiger partial charge in [-0.1, -0.05) is 37.6 Å². The molecule has 2 aromatic carbocycles. The SMILES string of the molecule is CC(CCC(N)=O)Oc1ccc2c(c1)C1(CCC(Nc3cccc(Cl)c3)(C(=O)O)CC1)C(C[C@@H](C)COc1ccnc3c1[C@H](C)CCC3)C2. The molecule has 1 saturated carbocycles. The highest BCUT2D eigenvalue weighted by Crippen LogP contribution is 2.57. The van der Waals surface area contributed by atoms with Crippen molar-refractivity contribution in [2.24, 2.45) is 17.6 Å². The number of pyridine rings is 1. The third-order valence-electron chi connectivity index (χ3n) is 11.4. The van der Waals surface area contributed by atoms with Gasteiger partial charge in [-0.25, -0.2) is 4.79 Å². The molecule has 0 radical (unpaired) electrons. The Morgan fingerprint density at radius 3 is 2.65 bits per heavy atom. The van der Waals surface area contributed by atoms with Gasteiger partial charge in [-0.3, -0.25) is 9.78 Å². The van der Waals surface area contributed by atoms with Gasteiger partial charge in [0, 0.05) is 34.6 Å². The second-order valence-corrected chi connectivity index (χ2v) is 15.4. The van der Waals surface area contributed by atoms with Gasteiger partial charge in [0.25, 0.3) is 0 Å². The summed E-state index contributed by atoms with van der Waals surface area (Å²) in [6, 6.07) is 15.7. The first-order valence-electron chi connectivity index (χ1n) is 17.9. The maximum absolute atomic E-state index is 12.9. The van der Waals surface area contributed by atoms with E-state index in [1.165, 1.54) is 28.8 Å². The van der Waals surface area contributed by atoms with Crippen LogP contribution in [0.25, 0.3) is 0 Å². The smallest absolute Gasteiger partial charge is 0.329 e. The normalized spacial score (nSPS) is 25.6. The Hall–Kier alpha value is -3.78. The number of nitrogens with two attached hydrogens (primary N) is 1. The van der Waals surface area contributed by atoms with Crippen LogP contribution in [0, 0.1) is 11.8 Å². The molecule has 262 valence electrons. The van der Waals surface area contributed by atoms with Crippen molar-refractivity contribution in [3.63, 3.8) is 0 Å². The highest BCUT2D eigenvalue weighted by atomic mass is 35.5. The van der Waals surface area contributed by atoms with Gasteiger partial charge in [-0.15, -0.1) is 0 Å². The maximum Gasteiger partial charge on any atom is 0.329 e. The number of anilines is 1. The van der Waals surface area contributed by atoms with Gasteiger partial charge in [0.2, 0.25) is 5.91 Å². The van der Waals surface area contributed by atoms with Crippen molar-refractivity contribution in [3.8, 4) is 11.5 Å². The van der Waals surface area contributed by atoms with Crippen molar-refractivity contribution in [3.05, 3.63) is 82.1 Å². The lowest BCUT2D eigenvalue weighted by Crippen LogP contribution is -2.53. The molecule has 4 N–H and O–H groups in total. The number of carbonyl (C=O) groups excluding carboxylic acids is 1. The molecule has 0 saturated heterocycles. The van der Waals surface area contributed by atoms with E-state index in [0.29, 0.717) is 54.3 Å². The maximum atomic E-state index is 12.9. The molecule has 9 heteroatoms. The molecular weight excluding hydrogens is 638 g/mol. The number of hydrogen-bond donors (Lipinski definition) is 3. The van der Waals surface area contributed by atoms with E-state index in [2.05, 4.69) is 36.3 Å². The number of fused-ring (bicyclic) bond motifs is 3. The zero-order valence-corrected chi connectivity index (χ0v) is 29.7. The quantitative estimate of drug-likeness (QED) is 0.165. The Morgan fingerprint density at radius 1 is 1.12 bits per heavy atom. The first-order valence-corrected chi connectivity index (χ1v) is 18.3.